The molecule has 2 heterocycles. The molecule has 0 fully saturated rings. The van der Waals surface area contributed by atoms with Crippen LogP contribution in [-0.2, 0) is 5.41 Å². The van der Waals surface area contributed by atoms with Crippen molar-refractivity contribution in [2.45, 2.75) is 19.3 Å². The second kappa shape index (κ2) is 6.08. The molecule has 4 aromatic carbocycles. The molecule has 0 radical (unpaired) electrons. The quantitative estimate of drug-likeness (QED) is 0.272. The van der Waals surface area contributed by atoms with E-state index in [-0.39, 0.29) is 5.41 Å². The van der Waals surface area contributed by atoms with Crippen LogP contribution in [0.2, 0.25) is 0 Å². The van der Waals surface area contributed by atoms with Gasteiger partial charge in [0.05, 0.1) is 16.7 Å². The van der Waals surface area contributed by atoms with Gasteiger partial charge in [0.15, 0.2) is 0 Å². The van der Waals surface area contributed by atoms with Gasteiger partial charge in [-0.3, -0.25) is 4.98 Å². The van der Waals surface area contributed by atoms with Crippen LogP contribution in [0.15, 0.2) is 97.3 Å². The van der Waals surface area contributed by atoms with Gasteiger partial charge < -0.3 is 4.57 Å². The van der Waals surface area contributed by atoms with Gasteiger partial charge in [-0.25, -0.2) is 0 Å². The number of benzene rings is 4. The van der Waals surface area contributed by atoms with Gasteiger partial charge in [-0.05, 0) is 52.6 Å². The first-order chi connectivity index (χ1) is 15.6. The SMILES string of the molecule is CC1(C)c2ccccc2-c2cc3c(cc21)c1ccccc1n3-c1cccc2cnccc12. The fourth-order valence-electron chi connectivity index (χ4n) is 5.72. The fourth-order valence-corrected chi connectivity index (χ4v) is 5.72. The van der Waals surface area contributed by atoms with E-state index in [1.165, 1.54) is 55.1 Å². The lowest BCUT2D eigenvalue weighted by molar-refractivity contribution is 0.661. The second-order valence-corrected chi connectivity index (χ2v) is 9.31. The molecule has 2 heteroatoms. The summed E-state index contributed by atoms with van der Waals surface area (Å²) < 4.78 is 2.43. The summed E-state index contributed by atoms with van der Waals surface area (Å²) in [4.78, 5) is 4.34. The topological polar surface area (TPSA) is 17.8 Å². The van der Waals surface area contributed by atoms with E-state index in [0.29, 0.717) is 0 Å². The first-order valence-electron chi connectivity index (χ1n) is 11.2. The summed E-state index contributed by atoms with van der Waals surface area (Å²) in [6, 6.07) is 31.1. The Labute approximate surface area is 186 Å². The summed E-state index contributed by atoms with van der Waals surface area (Å²) in [5, 5.41) is 4.98. The number of hydrogen-bond donors (Lipinski definition) is 0. The molecule has 2 aromatic heterocycles. The Morgan fingerprint density at radius 1 is 0.656 bits per heavy atom. The summed E-state index contributed by atoms with van der Waals surface area (Å²) in [6.07, 6.45) is 3.83. The lowest BCUT2D eigenvalue weighted by Gasteiger charge is -2.21. The van der Waals surface area contributed by atoms with E-state index in [1.54, 1.807) is 0 Å². The van der Waals surface area contributed by atoms with Gasteiger partial charge in [-0.2, -0.15) is 0 Å². The third-order valence-corrected chi connectivity index (χ3v) is 7.27. The zero-order chi connectivity index (χ0) is 21.4. The van der Waals surface area contributed by atoms with Gasteiger partial charge in [0.2, 0.25) is 0 Å². The minimum Gasteiger partial charge on any atom is -0.309 e. The molecule has 32 heavy (non-hydrogen) atoms. The Morgan fingerprint density at radius 3 is 2.44 bits per heavy atom. The van der Waals surface area contributed by atoms with Crippen LogP contribution in [0.4, 0.5) is 0 Å². The molecule has 0 bridgehead atoms. The molecule has 0 spiro atoms. The average Bonchev–Trinajstić information content (AvgIpc) is 3.27. The predicted molar refractivity (Wildman–Crippen MR) is 134 cm³/mol. The van der Waals surface area contributed by atoms with Crippen molar-refractivity contribution in [2.75, 3.05) is 0 Å². The van der Waals surface area contributed by atoms with Gasteiger partial charge in [-0.1, -0.05) is 68.4 Å². The normalized spacial score (nSPS) is 14.2. The highest BCUT2D eigenvalue weighted by Gasteiger charge is 2.36. The monoisotopic (exact) mass is 410 g/mol. The third-order valence-electron chi connectivity index (χ3n) is 7.27. The van der Waals surface area contributed by atoms with Crippen LogP contribution >= 0.6 is 0 Å². The van der Waals surface area contributed by atoms with Gasteiger partial charge in [0, 0.05) is 39.4 Å². The molecule has 0 atom stereocenters. The van der Waals surface area contributed by atoms with Crippen LogP contribution in [0, 0.1) is 0 Å². The molecule has 0 aliphatic heterocycles. The van der Waals surface area contributed by atoms with Gasteiger partial charge in [0.1, 0.15) is 0 Å². The van der Waals surface area contributed by atoms with E-state index in [2.05, 4.69) is 108 Å². The predicted octanol–water partition coefficient (Wildman–Crippen LogP) is 7.64. The molecule has 0 N–H and O–H groups in total. The summed E-state index contributed by atoms with van der Waals surface area (Å²) in [5.74, 6) is 0. The van der Waals surface area contributed by atoms with Gasteiger partial charge >= 0.3 is 0 Å². The molecule has 1 aliphatic carbocycles. The van der Waals surface area contributed by atoms with Crippen LogP contribution < -0.4 is 0 Å². The molecule has 1 aliphatic rings. The molecule has 2 nitrogen and oxygen atoms in total. The Bertz CT molecular complexity index is 1700. The van der Waals surface area contributed by atoms with Crippen LogP contribution in [0.1, 0.15) is 25.0 Å². The first-order valence-corrected chi connectivity index (χ1v) is 11.2. The zero-order valence-corrected chi connectivity index (χ0v) is 18.1. The molecular formula is C30H22N2. The van der Waals surface area contributed by atoms with Crippen molar-refractivity contribution < 1.29 is 0 Å². The summed E-state index contributed by atoms with van der Waals surface area (Å²) >= 11 is 0. The smallest absolute Gasteiger partial charge is 0.0547 e. The standard InChI is InChI=1S/C30H22N2/c1-30(2)25-11-5-3-9-21(25)23-17-29-24(16-26(23)30)22-10-4-6-12-28(22)32(29)27-13-7-8-19-18-31-15-14-20(19)27/h3-18H,1-2H3. The molecule has 152 valence electrons. The van der Waals surface area contributed by atoms with E-state index >= 15 is 0 Å². The minimum atomic E-state index is -0.00552. The van der Waals surface area contributed by atoms with Crippen molar-refractivity contribution in [3.8, 4) is 16.8 Å². The minimum absolute atomic E-state index is 0.00552. The Hall–Kier alpha value is -3.91. The number of hydrogen-bond acceptors (Lipinski definition) is 1. The molecule has 7 rings (SSSR count). The lowest BCUT2D eigenvalue weighted by atomic mass is 9.82. The fraction of sp³-hybridized carbons (Fsp3) is 0.100. The Balaban J connectivity index is 1.67. The number of aromatic nitrogens is 2. The van der Waals surface area contributed by atoms with Crippen LogP contribution in [-0.4, -0.2) is 9.55 Å². The number of pyridine rings is 1. The molecule has 0 saturated carbocycles. The first kappa shape index (κ1) is 17.7. The second-order valence-electron chi connectivity index (χ2n) is 9.31. The number of fused-ring (bicyclic) bond motifs is 7. The Morgan fingerprint density at radius 2 is 1.50 bits per heavy atom. The van der Waals surface area contributed by atoms with Crippen molar-refractivity contribution in [2.24, 2.45) is 0 Å². The van der Waals surface area contributed by atoms with Gasteiger partial charge in [-0.15, -0.1) is 0 Å². The maximum Gasteiger partial charge on any atom is 0.0547 e. The van der Waals surface area contributed by atoms with Crippen LogP contribution in [0.3, 0.4) is 0 Å². The number of rotatable bonds is 1. The summed E-state index contributed by atoms with van der Waals surface area (Å²) in [6.45, 7) is 4.70. The number of nitrogens with zero attached hydrogens (tertiary/aromatic N) is 2. The van der Waals surface area contributed by atoms with Crippen molar-refractivity contribution in [3.63, 3.8) is 0 Å². The van der Waals surface area contributed by atoms with Crippen molar-refractivity contribution in [1.29, 1.82) is 0 Å². The summed E-state index contributed by atoms with van der Waals surface area (Å²) in [7, 11) is 0. The van der Waals surface area contributed by atoms with Crippen molar-refractivity contribution in [1.82, 2.24) is 9.55 Å². The van der Waals surface area contributed by atoms with E-state index in [9.17, 15) is 0 Å². The van der Waals surface area contributed by atoms with E-state index < -0.39 is 0 Å². The maximum atomic E-state index is 4.34. The maximum absolute atomic E-state index is 4.34. The van der Waals surface area contributed by atoms with E-state index in [0.717, 1.165) is 5.39 Å². The van der Waals surface area contributed by atoms with Crippen LogP contribution in [0.5, 0.6) is 0 Å². The third kappa shape index (κ3) is 2.17. The highest BCUT2D eigenvalue weighted by Crippen LogP contribution is 2.51. The number of para-hydroxylation sites is 1. The lowest BCUT2D eigenvalue weighted by Crippen LogP contribution is -2.14. The van der Waals surface area contributed by atoms with Gasteiger partial charge in [0.25, 0.3) is 0 Å². The van der Waals surface area contributed by atoms with E-state index in [4.69, 9.17) is 0 Å². The largest absolute Gasteiger partial charge is 0.309 e. The highest BCUT2D eigenvalue weighted by molar-refractivity contribution is 6.12. The molecule has 0 saturated heterocycles. The molecule has 0 unspecified atom stereocenters. The summed E-state index contributed by atoms with van der Waals surface area (Å²) in [5.41, 5.74) is 9.21. The average molecular weight is 411 g/mol. The highest BCUT2D eigenvalue weighted by atomic mass is 15.0. The Kier molecular flexibility index (Phi) is 3.37. The zero-order valence-electron chi connectivity index (χ0n) is 18.1. The molecule has 6 aromatic rings. The molecular weight excluding hydrogens is 388 g/mol. The molecule has 0 amide bonds. The van der Waals surface area contributed by atoms with Crippen LogP contribution in [0.25, 0.3) is 49.4 Å². The van der Waals surface area contributed by atoms with E-state index in [1.807, 2.05) is 12.4 Å². The van der Waals surface area contributed by atoms with Crippen molar-refractivity contribution in [3.05, 3.63) is 108 Å². The van der Waals surface area contributed by atoms with Crippen molar-refractivity contribution >= 4 is 32.6 Å².